The lowest BCUT2D eigenvalue weighted by atomic mass is 9.90. The van der Waals surface area contributed by atoms with Crippen LogP contribution in [0.5, 0.6) is 0 Å². The van der Waals surface area contributed by atoms with E-state index in [9.17, 15) is 9.59 Å². The minimum absolute atomic E-state index is 0.221. The molecule has 1 aliphatic rings. The Balaban J connectivity index is 1.37. The van der Waals surface area contributed by atoms with E-state index >= 15 is 0 Å². The van der Waals surface area contributed by atoms with Crippen LogP contribution in [0.3, 0.4) is 0 Å². The van der Waals surface area contributed by atoms with Crippen LogP contribution in [0.2, 0.25) is 5.02 Å². The lowest BCUT2D eigenvalue weighted by Crippen LogP contribution is -2.28. The number of carbonyl (C=O) groups is 2. The van der Waals surface area contributed by atoms with Crippen molar-refractivity contribution in [2.45, 2.75) is 38.6 Å². The molecule has 7 heteroatoms. The molecule has 0 saturated heterocycles. The van der Waals surface area contributed by atoms with Crippen molar-refractivity contribution in [3.05, 3.63) is 129 Å². The molecule has 0 bridgehead atoms. The number of aryl methyl sites for hydroxylation is 1. The molecule has 0 spiro atoms. The summed E-state index contributed by atoms with van der Waals surface area (Å²) in [5.41, 5.74) is 7.63. The maximum atomic E-state index is 13.4. The van der Waals surface area contributed by atoms with Gasteiger partial charge >= 0.3 is 0 Å². The number of carbonyl (C=O) groups excluding carboxylic acids is 2. The quantitative estimate of drug-likeness (QED) is 0.283. The summed E-state index contributed by atoms with van der Waals surface area (Å²) in [7, 11) is 0. The van der Waals surface area contributed by atoms with Crippen molar-refractivity contribution in [3.63, 3.8) is 0 Å². The predicted molar refractivity (Wildman–Crippen MR) is 148 cm³/mol. The van der Waals surface area contributed by atoms with E-state index in [2.05, 4.69) is 15.8 Å². The minimum atomic E-state index is -0.499. The first-order valence-electron chi connectivity index (χ1n) is 12.6. The molecule has 0 fully saturated rings. The molecule has 5 rings (SSSR count). The van der Waals surface area contributed by atoms with Crippen LogP contribution < -0.4 is 10.7 Å². The van der Waals surface area contributed by atoms with E-state index in [0.29, 0.717) is 41.4 Å². The Morgan fingerprint density at radius 1 is 0.921 bits per heavy atom. The van der Waals surface area contributed by atoms with Crippen LogP contribution in [0.25, 0.3) is 0 Å². The summed E-state index contributed by atoms with van der Waals surface area (Å²) >= 11 is 6.22. The van der Waals surface area contributed by atoms with Gasteiger partial charge in [0.25, 0.3) is 11.8 Å². The van der Waals surface area contributed by atoms with Gasteiger partial charge in [-0.2, -0.15) is 5.10 Å². The molecule has 38 heavy (non-hydrogen) atoms. The van der Waals surface area contributed by atoms with Gasteiger partial charge in [-0.1, -0.05) is 90.5 Å². The summed E-state index contributed by atoms with van der Waals surface area (Å²) in [6.07, 6.45) is 2.20. The first-order valence-corrected chi connectivity index (χ1v) is 13.0. The van der Waals surface area contributed by atoms with E-state index in [1.165, 1.54) is 0 Å². The minimum Gasteiger partial charge on any atom is -0.455 e. The molecule has 3 aromatic carbocycles. The Bertz CT molecular complexity index is 1440. The fourth-order valence-electron chi connectivity index (χ4n) is 4.87. The zero-order valence-corrected chi connectivity index (χ0v) is 21.8. The molecule has 2 N–H and O–H groups in total. The van der Waals surface area contributed by atoms with Crippen molar-refractivity contribution in [2.75, 3.05) is 0 Å². The average Bonchev–Trinajstić information content (AvgIpc) is 3.29. The second-order valence-corrected chi connectivity index (χ2v) is 9.68. The number of hydrogen-bond donors (Lipinski definition) is 2. The largest absolute Gasteiger partial charge is 0.455 e. The predicted octanol–water partition coefficient (Wildman–Crippen LogP) is 6.16. The molecule has 0 radical (unpaired) electrons. The van der Waals surface area contributed by atoms with Gasteiger partial charge in [-0.3, -0.25) is 9.59 Å². The highest BCUT2D eigenvalue weighted by Gasteiger charge is 2.29. The normalized spacial score (nSPS) is 13.8. The van der Waals surface area contributed by atoms with Crippen LogP contribution in [-0.2, 0) is 17.8 Å². The van der Waals surface area contributed by atoms with Crippen molar-refractivity contribution in [3.8, 4) is 0 Å². The molecule has 1 heterocycles. The number of furan rings is 1. The fourth-order valence-corrected chi connectivity index (χ4v) is 5.07. The van der Waals surface area contributed by atoms with Crippen LogP contribution in [0.1, 0.15) is 62.9 Å². The second kappa shape index (κ2) is 11.5. The van der Waals surface area contributed by atoms with E-state index in [1.54, 1.807) is 6.07 Å². The van der Waals surface area contributed by atoms with E-state index < -0.39 is 5.92 Å². The third kappa shape index (κ3) is 5.41. The Morgan fingerprint density at radius 2 is 1.55 bits per heavy atom. The first kappa shape index (κ1) is 25.5. The third-order valence-corrected chi connectivity index (χ3v) is 7.13. The molecule has 192 valence electrons. The molecule has 4 aromatic rings. The van der Waals surface area contributed by atoms with Crippen molar-refractivity contribution in [1.29, 1.82) is 0 Å². The fraction of sp³-hybridized carbons (Fsp3) is 0.194. The molecule has 1 aliphatic carbocycles. The lowest BCUT2D eigenvalue weighted by molar-refractivity contribution is -0.121. The molecular weight excluding hydrogens is 498 g/mol. The number of nitrogens with zero attached hydrogens (tertiary/aromatic N) is 1. The topological polar surface area (TPSA) is 83.7 Å². The van der Waals surface area contributed by atoms with Crippen LogP contribution in [0.15, 0.2) is 94.4 Å². The van der Waals surface area contributed by atoms with Crippen LogP contribution in [0.4, 0.5) is 0 Å². The number of nitrogens with one attached hydrogen (secondary N) is 2. The van der Waals surface area contributed by atoms with Gasteiger partial charge in [0.05, 0.1) is 11.6 Å². The molecule has 0 saturated carbocycles. The van der Waals surface area contributed by atoms with Crippen molar-refractivity contribution >= 4 is 29.1 Å². The summed E-state index contributed by atoms with van der Waals surface area (Å²) in [4.78, 5) is 26.4. The van der Waals surface area contributed by atoms with Gasteiger partial charge in [0.2, 0.25) is 0 Å². The second-order valence-electron chi connectivity index (χ2n) is 9.27. The number of hydrazone groups is 1. The van der Waals surface area contributed by atoms with E-state index in [4.69, 9.17) is 16.0 Å². The van der Waals surface area contributed by atoms with Gasteiger partial charge in [0.1, 0.15) is 5.76 Å². The smallest absolute Gasteiger partial charge is 0.287 e. The van der Waals surface area contributed by atoms with Crippen LogP contribution in [-0.4, -0.2) is 17.5 Å². The Morgan fingerprint density at radius 3 is 2.21 bits per heavy atom. The molecule has 0 atom stereocenters. The average molecular weight is 526 g/mol. The maximum absolute atomic E-state index is 13.4. The number of amides is 2. The number of fused-ring (bicyclic) bond motifs is 1. The van der Waals surface area contributed by atoms with Crippen LogP contribution >= 0.6 is 11.6 Å². The van der Waals surface area contributed by atoms with Gasteiger partial charge in [-0.05, 0) is 42.5 Å². The van der Waals surface area contributed by atoms with Crippen molar-refractivity contribution < 1.29 is 14.0 Å². The third-order valence-electron chi connectivity index (χ3n) is 6.76. The van der Waals surface area contributed by atoms with Gasteiger partial charge in [0, 0.05) is 29.1 Å². The molecule has 1 aromatic heterocycles. The summed E-state index contributed by atoms with van der Waals surface area (Å²) in [6, 6.07) is 26.7. The standard InChI is InChI=1S/C31H28ClN3O3/c1-20-27-25(34-35-30(36)28(21-11-4-2-5-12-21)22-13-6-3-7-14-22)17-10-18-26(27)38-29(20)31(37)33-19-23-15-8-9-16-24(23)32/h2-9,11-16,28H,10,17-19H2,1H3,(H,33,37)(H,35,36)/b34-25+. The van der Waals surface area contributed by atoms with Crippen LogP contribution in [0, 0.1) is 6.92 Å². The Labute approximate surface area is 226 Å². The highest BCUT2D eigenvalue weighted by molar-refractivity contribution is 6.31. The number of halogens is 1. The molecule has 2 amide bonds. The zero-order chi connectivity index (χ0) is 26.5. The highest BCUT2D eigenvalue weighted by Crippen LogP contribution is 2.30. The zero-order valence-electron chi connectivity index (χ0n) is 21.0. The number of rotatable bonds is 7. The van der Waals surface area contributed by atoms with Gasteiger partial charge in [0.15, 0.2) is 5.76 Å². The highest BCUT2D eigenvalue weighted by atomic mass is 35.5. The summed E-state index contributed by atoms with van der Waals surface area (Å²) < 4.78 is 6.00. The molecule has 0 unspecified atom stereocenters. The van der Waals surface area contributed by atoms with Gasteiger partial charge in [-0.25, -0.2) is 5.43 Å². The Hall–Kier alpha value is -4.16. The molecule has 6 nitrogen and oxygen atoms in total. The van der Waals surface area contributed by atoms with E-state index in [1.807, 2.05) is 85.8 Å². The summed E-state index contributed by atoms with van der Waals surface area (Å²) in [6.45, 7) is 2.15. The molecular formula is C31H28ClN3O3. The van der Waals surface area contributed by atoms with Gasteiger partial charge in [-0.15, -0.1) is 0 Å². The monoisotopic (exact) mass is 525 g/mol. The van der Waals surface area contributed by atoms with Crippen molar-refractivity contribution in [1.82, 2.24) is 10.7 Å². The van der Waals surface area contributed by atoms with Gasteiger partial charge < -0.3 is 9.73 Å². The maximum Gasteiger partial charge on any atom is 0.287 e. The van der Waals surface area contributed by atoms with E-state index in [0.717, 1.165) is 28.7 Å². The summed E-state index contributed by atoms with van der Waals surface area (Å²) in [5, 5.41) is 8.03. The SMILES string of the molecule is Cc1c(C(=O)NCc2ccccc2Cl)oc2c1/C(=N/NC(=O)C(c1ccccc1)c1ccccc1)CCC2. The van der Waals surface area contributed by atoms with E-state index in [-0.39, 0.29) is 17.6 Å². The molecule has 0 aliphatic heterocycles. The lowest BCUT2D eigenvalue weighted by Gasteiger charge is -2.18. The Kier molecular flexibility index (Phi) is 7.70. The summed E-state index contributed by atoms with van der Waals surface area (Å²) in [5.74, 6) is -0.0579. The first-order chi connectivity index (χ1) is 18.5. The van der Waals surface area contributed by atoms with Crippen molar-refractivity contribution in [2.24, 2.45) is 5.10 Å². The number of benzene rings is 3. The number of hydrogen-bond acceptors (Lipinski definition) is 4.